The first-order valence-electron chi connectivity index (χ1n) is 10.2. The zero-order valence-electron chi connectivity index (χ0n) is 17.0. The SMILES string of the molecule is CCOc1ccccc1NC(=O)CN1CCN(Cc2nc(-c3cccs3)cs2)CC1. The maximum Gasteiger partial charge on any atom is 0.238 e. The van der Waals surface area contributed by atoms with Crippen molar-refractivity contribution in [2.24, 2.45) is 0 Å². The summed E-state index contributed by atoms with van der Waals surface area (Å²) in [6, 6.07) is 11.7. The average molecular weight is 443 g/mol. The molecule has 6 nitrogen and oxygen atoms in total. The van der Waals surface area contributed by atoms with Crippen molar-refractivity contribution in [1.82, 2.24) is 14.8 Å². The number of carbonyl (C=O) groups excluding carboxylic acids is 1. The predicted octanol–water partition coefficient (Wildman–Crippen LogP) is 4.03. The Morgan fingerprint density at radius 3 is 2.67 bits per heavy atom. The van der Waals surface area contributed by atoms with E-state index in [1.54, 1.807) is 22.7 Å². The number of benzene rings is 1. The van der Waals surface area contributed by atoms with Crippen LogP contribution in [0.2, 0.25) is 0 Å². The fraction of sp³-hybridized carbons (Fsp3) is 0.364. The Morgan fingerprint density at radius 2 is 1.90 bits per heavy atom. The van der Waals surface area contributed by atoms with E-state index in [2.05, 4.69) is 38.0 Å². The quantitative estimate of drug-likeness (QED) is 0.571. The van der Waals surface area contributed by atoms with Gasteiger partial charge in [-0.25, -0.2) is 4.98 Å². The Kier molecular flexibility index (Phi) is 7.11. The number of thiophene rings is 1. The smallest absolute Gasteiger partial charge is 0.238 e. The van der Waals surface area contributed by atoms with Crippen molar-refractivity contribution in [3.8, 4) is 16.3 Å². The summed E-state index contributed by atoms with van der Waals surface area (Å²) in [5.41, 5.74) is 1.81. The summed E-state index contributed by atoms with van der Waals surface area (Å²) in [5, 5.41) is 8.36. The van der Waals surface area contributed by atoms with Gasteiger partial charge in [0.15, 0.2) is 0 Å². The number of hydrogen-bond donors (Lipinski definition) is 1. The number of hydrogen-bond acceptors (Lipinski definition) is 7. The molecule has 1 saturated heterocycles. The summed E-state index contributed by atoms with van der Waals surface area (Å²) >= 11 is 3.45. The Hall–Kier alpha value is -2.26. The monoisotopic (exact) mass is 442 g/mol. The molecule has 1 aliphatic rings. The number of nitrogens with zero attached hydrogens (tertiary/aromatic N) is 3. The van der Waals surface area contributed by atoms with Gasteiger partial charge in [0.2, 0.25) is 5.91 Å². The van der Waals surface area contributed by atoms with Crippen LogP contribution in [0.25, 0.3) is 10.6 Å². The summed E-state index contributed by atoms with van der Waals surface area (Å²) < 4.78 is 5.58. The molecule has 3 aromatic rings. The normalized spacial score (nSPS) is 15.2. The van der Waals surface area contributed by atoms with Gasteiger partial charge in [0.1, 0.15) is 10.8 Å². The standard InChI is InChI=1S/C22H26N4O2S2/c1-2-28-19-7-4-3-6-17(19)23-21(27)14-25-9-11-26(12-10-25)15-22-24-18(16-30-22)20-8-5-13-29-20/h3-8,13,16H,2,9-12,14-15H2,1H3,(H,23,27). The van der Waals surface area contributed by atoms with E-state index in [1.807, 2.05) is 31.2 Å². The van der Waals surface area contributed by atoms with Gasteiger partial charge in [-0.3, -0.25) is 14.6 Å². The highest BCUT2D eigenvalue weighted by molar-refractivity contribution is 7.14. The Morgan fingerprint density at radius 1 is 1.10 bits per heavy atom. The van der Waals surface area contributed by atoms with E-state index >= 15 is 0 Å². The summed E-state index contributed by atoms with van der Waals surface area (Å²) in [7, 11) is 0. The molecular weight excluding hydrogens is 416 g/mol. The molecule has 4 rings (SSSR count). The van der Waals surface area contributed by atoms with Crippen molar-refractivity contribution in [1.29, 1.82) is 0 Å². The maximum absolute atomic E-state index is 12.5. The summed E-state index contributed by atoms with van der Waals surface area (Å²) in [6.45, 7) is 7.42. The molecule has 3 heterocycles. The highest BCUT2D eigenvalue weighted by Crippen LogP contribution is 2.27. The first kappa shape index (κ1) is 21.0. The van der Waals surface area contributed by atoms with Crippen LogP contribution >= 0.6 is 22.7 Å². The number of aromatic nitrogens is 1. The molecule has 0 saturated carbocycles. The molecule has 1 fully saturated rings. The van der Waals surface area contributed by atoms with Crippen LogP contribution in [0.3, 0.4) is 0 Å². The number of nitrogens with one attached hydrogen (secondary N) is 1. The van der Waals surface area contributed by atoms with Gasteiger partial charge in [-0.1, -0.05) is 18.2 Å². The van der Waals surface area contributed by atoms with Gasteiger partial charge < -0.3 is 10.1 Å². The lowest BCUT2D eigenvalue weighted by Gasteiger charge is -2.33. The lowest BCUT2D eigenvalue weighted by Crippen LogP contribution is -2.48. The molecule has 1 aliphatic heterocycles. The van der Waals surface area contributed by atoms with Crippen LogP contribution in [0.4, 0.5) is 5.69 Å². The summed E-state index contributed by atoms with van der Waals surface area (Å²) in [6.07, 6.45) is 0. The number of piperazine rings is 1. The molecule has 8 heteroatoms. The molecule has 0 radical (unpaired) electrons. The largest absolute Gasteiger partial charge is 0.492 e. The molecule has 0 bridgehead atoms. The molecule has 0 atom stereocenters. The van der Waals surface area contributed by atoms with E-state index in [0.717, 1.165) is 49.1 Å². The molecule has 1 aromatic carbocycles. The second-order valence-corrected chi connectivity index (χ2v) is 9.02. The molecule has 0 aliphatic carbocycles. The number of para-hydroxylation sites is 2. The number of carbonyl (C=O) groups is 1. The van der Waals surface area contributed by atoms with Gasteiger partial charge in [0.25, 0.3) is 0 Å². The molecule has 1 amide bonds. The van der Waals surface area contributed by atoms with Gasteiger partial charge in [0, 0.05) is 31.6 Å². The van der Waals surface area contributed by atoms with Crippen LogP contribution < -0.4 is 10.1 Å². The fourth-order valence-corrected chi connectivity index (χ4v) is 5.06. The Balaban J connectivity index is 1.23. The summed E-state index contributed by atoms with van der Waals surface area (Å²) in [4.78, 5) is 23.1. The summed E-state index contributed by atoms with van der Waals surface area (Å²) in [5.74, 6) is 0.708. The molecule has 30 heavy (non-hydrogen) atoms. The topological polar surface area (TPSA) is 57.7 Å². The first-order valence-corrected chi connectivity index (χ1v) is 11.9. The van der Waals surface area contributed by atoms with Gasteiger partial charge in [-0.05, 0) is 30.5 Å². The average Bonchev–Trinajstić information content (AvgIpc) is 3.43. The number of rotatable bonds is 8. The molecular formula is C22H26N4O2S2. The third kappa shape index (κ3) is 5.46. The number of amides is 1. The van der Waals surface area contributed by atoms with Crippen LogP contribution in [-0.2, 0) is 11.3 Å². The second kappa shape index (κ2) is 10.2. The number of anilines is 1. The minimum atomic E-state index is -0.00360. The van der Waals surface area contributed by atoms with Crippen molar-refractivity contribution >= 4 is 34.3 Å². The zero-order chi connectivity index (χ0) is 20.8. The van der Waals surface area contributed by atoms with Crippen LogP contribution in [0.15, 0.2) is 47.2 Å². The van der Waals surface area contributed by atoms with E-state index in [1.165, 1.54) is 4.88 Å². The molecule has 1 N–H and O–H groups in total. The van der Waals surface area contributed by atoms with E-state index in [-0.39, 0.29) is 5.91 Å². The lowest BCUT2D eigenvalue weighted by molar-refractivity contribution is -0.117. The number of ether oxygens (including phenoxy) is 1. The Bertz CT molecular complexity index is 950. The Labute approximate surface area is 185 Å². The van der Waals surface area contributed by atoms with E-state index in [4.69, 9.17) is 9.72 Å². The van der Waals surface area contributed by atoms with Crippen LogP contribution in [0.5, 0.6) is 5.75 Å². The lowest BCUT2D eigenvalue weighted by atomic mass is 10.2. The molecule has 0 unspecified atom stereocenters. The maximum atomic E-state index is 12.5. The van der Waals surface area contributed by atoms with Crippen LogP contribution in [-0.4, -0.2) is 60.0 Å². The molecule has 2 aromatic heterocycles. The minimum absolute atomic E-state index is 0.00360. The van der Waals surface area contributed by atoms with Crippen LogP contribution in [0, 0.1) is 0 Å². The van der Waals surface area contributed by atoms with Gasteiger partial charge in [0.05, 0.1) is 36.0 Å². The van der Waals surface area contributed by atoms with Gasteiger partial charge in [-0.2, -0.15) is 0 Å². The number of thiazole rings is 1. The van der Waals surface area contributed by atoms with Crippen molar-refractivity contribution in [3.05, 3.63) is 52.2 Å². The van der Waals surface area contributed by atoms with Gasteiger partial charge in [-0.15, -0.1) is 22.7 Å². The second-order valence-electron chi connectivity index (χ2n) is 7.13. The van der Waals surface area contributed by atoms with Crippen molar-refractivity contribution in [2.75, 3.05) is 44.6 Å². The zero-order valence-corrected chi connectivity index (χ0v) is 18.7. The van der Waals surface area contributed by atoms with Crippen LogP contribution in [0.1, 0.15) is 11.9 Å². The molecule has 158 valence electrons. The third-order valence-corrected chi connectivity index (χ3v) is 6.70. The van der Waals surface area contributed by atoms with Crippen molar-refractivity contribution in [3.63, 3.8) is 0 Å². The van der Waals surface area contributed by atoms with Crippen molar-refractivity contribution in [2.45, 2.75) is 13.5 Å². The molecule has 0 spiro atoms. The van der Waals surface area contributed by atoms with Gasteiger partial charge >= 0.3 is 0 Å². The van der Waals surface area contributed by atoms with E-state index in [9.17, 15) is 4.79 Å². The van der Waals surface area contributed by atoms with E-state index in [0.29, 0.717) is 18.9 Å². The van der Waals surface area contributed by atoms with E-state index < -0.39 is 0 Å². The predicted molar refractivity (Wildman–Crippen MR) is 123 cm³/mol. The minimum Gasteiger partial charge on any atom is -0.492 e. The highest BCUT2D eigenvalue weighted by Gasteiger charge is 2.20. The highest BCUT2D eigenvalue weighted by atomic mass is 32.1. The van der Waals surface area contributed by atoms with Crippen molar-refractivity contribution < 1.29 is 9.53 Å². The third-order valence-electron chi connectivity index (χ3n) is 4.98. The fourth-order valence-electron chi connectivity index (χ4n) is 3.46. The first-order chi connectivity index (χ1) is 14.7.